The Morgan fingerprint density at radius 3 is 2.67 bits per heavy atom. The van der Waals surface area contributed by atoms with E-state index in [1.807, 2.05) is 20.0 Å². The van der Waals surface area contributed by atoms with Crippen LogP contribution in [0.5, 0.6) is 0 Å². The fourth-order valence-corrected chi connectivity index (χ4v) is 2.05. The van der Waals surface area contributed by atoms with Crippen molar-refractivity contribution in [2.75, 3.05) is 7.05 Å². The molecule has 0 saturated carbocycles. The summed E-state index contributed by atoms with van der Waals surface area (Å²) in [6.07, 6.45) is 2.11. The maximum atomic E-state index is 5.77. The van der Waals surface area contributed by atoms with Crippen LogP contribution in [-0.2, 0) is 0 Å². The van der Waals surface area contributed by atoms with Crippen molar-refractivity contribution in [3.63, 3.8) is 0 Å². The van der Waals surface area contributed by atoms with Gasteiger partial charge in [-0.25, -0.2) is 0 Å². The number of hydrogen-bond donors (Lipinski definition) is 2. The average molecular weight is 271 g/mol. The number of nitrogens with two attached hydrogens (primary N) is 1. The molecule has 0 aliphatic carbocycles. The summed E-state index contributed by atoms with van der Waals surface area (Å²) < 4.78 is 1.13. The highest BCUT2D eigenvalue weighted by molar-refractivity contribution is 9.10. The first-order valence-electron chi connectivity index (χ1n) is 5.31. The van der Waals surface area contributed by atoms with Gasteiger partial charge < -0.3 is 11.1 Å². The van der Waals surface area contributed by atoms with Crippen LogP contribution in [0.2, 0.25) is 0 Å². The van der Waals surface area contributed by atoms with Gasteiger partial charge in [0, 0.05) is 16.6 Å². The Morgan fingerprint density at radius 1 is 1.40 bits per heavy atom. The Morgan fingerprint density at radius 2 is 2.13 bits per heavy atom. The Bertz CT molecular complexity index is 299. The molecular weight excluding hydrogens is 252 g/mol. The number of nitrogens with one attached hydrogen (secondary N) is 1. The van der Waals surface area contributed by atoms with Crippen LogP contribution in [0.1, 0.15) is 31.4 Å². The van der Waals surface area contributed by atoms with E-state index in [0.29, 0.717) is 6.04 Å². The fraction of sp³-hybridized carbons (Fsp3) is 0.500. The Kier molecular flexibility index (Phi) is 5.29. The Hall–Kier alpha value is -0.380. The smallest absolute Gasteiger partial charge is 0.0318 e. The quantitative estimate of drug-likeness (QED) is 0.864. The van der Waals surface area contributed by atoms with Crippen LogP contribution in [-0.4, -0.2) is 13.1 Å². The van der Waals surface area contributed by atoms with Gasteiger partial charge in [-0.3, -0.25) is 0 Å². The lowest BCUT2D eigenvalue weighted by Crippen LogP contribution is -2.21. The van der Waals surface area contributed by atoms with Crippen molar-refractivity contribution in [3.8, 4) is 0 Å². The topological polar surface area (TPSA) is 38.0 Å². The zero-order chi connectivity index (χ0) is 11.3. The highest BCUT2D eigenvalue weighted by Crippen LogP contribution is 2.21. The van der Waals surface area contributed by atoms with E-state index in [1.54, 1.807) is 0 Å². The molecular formula is C12H19BrN2. The van der Waals surface area contributed by atoms with Gasteiger partial charge in [0.15, 0.2) is 0 Å². The van der Waals surface area contributed by atoms with Crippen molar-refractivity contribution >= 4 is 15.9 Å². The predicted molar refractivity (Wildman–Crippen MR) is 68.8 cm³/mol. The summed E-state index contributed by atoms with van der Waals surface area (Å²) in [5, 5.41) is 3.32. The second kappa shape index (κ2) is 6.26. The third kappa shape index (κ3) is 4.33. The summed E-state index contributed by atoms with van der Waals surface area (Å²) in [4.78, 5) is 0. The van der Waals surface area contributed by atoms with Crippen molar-refractivity contribution < 1.29 is 0 Å². The second-order valence-corrected chi connectivity index (χ2v) is 4.87. The van der Waals surface area contributed by atoms with Crippen LogP contribution in [0.15, 0.2) is 28.7 Å². The van der Waals surface area contributed by atoms with E-state index < -0.39 is 0 Å². The Labute approximate surface area is 100 Å². The van der Waals surface area contributed by atoms with E-state index >= 15 is 0 Å². The van der Waals surface area contributed by atoms with E-state index in [0.717, 1.165) is 17.3 Å². The summed E-state index contributed by atoms with van der Waals surface area (Å²) in [6.45, 7) is 2.05. The number of rotatable bonds is 5. The first kappa shape index (κ1) is 12.7. The van der Waals surface area contributed by atoms with Gasteiger partial charge in [0.1, 0.15) is 0 Å². The molecule has 15 heavy (non-hydrogen) atoms. The highest BCUT2D eigenvalue weighted by Gasteiger charge is 2.09. The molecule has 0 aliphatic heterocycles. The summed E-state index contributed by atoms with van der Waals surface area (Å²) >= 11 is 3.49. The molecule has 0 spiro atoms. The van der Waals surface area contributed by atoms with Crippen LogP contribution in [0, 0.1) is 0 Å². The molecule has 0 heterocycles. The molecule has 0 amide bonds. The maximum absolute atomic E-state index is 5.77. The van der Waals surface area contributed by atoms with Gasteiger partial charge in [-0.15, -0.1) is 0 Å². The normalized spacial score (nSPS) is 14.9. The summed E-state index contributed by atoms with van der Waals surface area (Å²) in [6, 6.07) is 9.08. The van der Waals surface area contributed by atoms with Crippen molar-refractivity contribution in [2.24, 2.45) is 5.73 Å². The van der Waals surface area contributed by atoms with Gasteiger partial charge in [-0.1, -0.05) is 28.1 Å². The zero-order valence-electron chi connectivity index (χ0n) is 9.33. The molecule has 3 N–H and O–H groups in total. The third-order valence-corrected chi connectivity index (χ3v) is 3.00. The van der Waals surface area contributed by atoms with Crippen molar-refractivity contribution in [3.05, 3.63) is 34.3 Å². The van der Waals surface area contributed by atoms with Crippen molar-refractivity contribution in [2.45, 2.75) is 31.8 Å². The van der Waals surface area contributed by atoms with Crippen LogP contribution in [0.4, 0.5) is 0 Å². The number of halogens is 1. The van der Waals surface area contributed by atoms with Crippen molar-refractivity contribution in [1.29, 1.82) is 0 Å². The molecule has 0 aromatic heterocycles. The van der Waals surface area contributed by atoms with Crippen molar-refractivity contribution in [1.82, 2.24) is 5.32 Å². The number of hydrogen-bond acceptors (Lipinski definition) is 2. The SMILES string of the molecule is CNC(CCC(C)N)c1cccc(Br)c1. The predicted octanol–water partition coefficient (Wildman–Crippen LogP) is 2.84. The van der Waals surface area contributed by atoms with Crippen LogP contribution in [0.3, 0.4) is 0 Å². The molecule has 84 valence electrons. The van der Waals surface area contributed by atoms with E-state index in [-0.39, 0.29) is 6.04 Å². The minimum absolute atomic E-state index is 0.271. The summed E-state index contributed by atoms with van der Waals surface area (Å²) in [7, 11) is 1.99. The number of benzene rings is 1. The van der Waals surface area contributed by atoms with Gasteiger partial charge in [0.25, 0.3) is 0 Å². The lowest BCUT2D eigenvalue weighted by molar-refractivity contribution is 0.496. The van der Waals surface area contributed by atoms with Crippen LogP contribution in [0.25, 0.3) is 0 Å². The summed E-state index contributed by atoms with van der Waals surface area (Å²) in [5.74, 6) is 0. The van der Waals surface area contributed by atoms with E-state index in [1.165, 1.54) is 5.56 Å². The molecule has 1 aromatic carbocycles. The Balaban J connectivity index is 2.65. The monoisotopic (exact) mass is 270 g/mol. The lowest BCUT2D eigenvalue weighted by atomic mass is 10.0. The molecule has 1 aromatic rings. The zero-order valence-corrected chi connectivity index (χ0v) is 10.9. The van der Waals surface area contributed by atoms with Gasteiger partial charge in [0.2, 0.25) is 0 Å². The van der Waals surface area contributed by atoms with Crippen LogP contribution < -0.4 is 11.1 Å². The molecule has 0 saturated heterocycles. The van der Waals surface area contributed by atoms with Gasteiger partial charge in [-0.2, -0.15) is 0 Å². The van der Waals surface area contributed by atoms with Gasteiger partial charge in [0.05, 0.1) is 0 Å². The first-order valence-corrected chi connectivity index (χ1v) is 6.11. The summed E-state index contributed by atoms with van der Waals surface area (Å²) in [5.41, 5.74) is 7.08. The largest absolute Gasteiger partial charge is 0.328 e. The molecule has 0 radical (unpaired) electrons. The van der Waals surface area contributed by atoms with E-state index in [2.05, 4.69) is 39.4 Å². The van der Waals surface area contributed by atoms with Crippen LogP contribution >= 0.6 is 15.9 Å². The molecule has 0 bridgehead atoms. The van der Waals surface area contributed by atoms with E-state index in [4.69, 9.17) is 5.73 Å². The minimum Gasteiger partial charge on any atom is -0.328 e. The molecule has 2 nitrogen and oxygen atoms in total. The van der Waals surface area contributed by atoms with Gasteiger partial charge >= 0.3 is 0 Å². The highest BCUT2D eigenvalue weighted by atomic mass is 79.9. The molecule has 0 fully saturated rings. The molecule has 3 heteroatoms. The molecule has 2 unspecified atom stereocenters. The van der Waals surface area contributed by atoms with Gasteiger partial charge in [-0.05, 0) is 44.5 Å². The maximum Gasteiger partial charge on any atom is 0.0318 e. The second-order valence-electron chi connectivity index (χ2n) is 3.95. The van der Waals surface area contributed by atoms with E-state index in [9.17, 15) is 0 Å². The standard InChI is InChI=1S/C12H19BrN2/c1-9(14)6-7-12(15-2)10-4-3-5-11(13)8-10/h3-5,8-9,12,15H,6-7,14H2,1-2H3. The average Bonchev–Trinajstić information content (AvgIpc) is 2.18. The third-order valence-electron chi connectivity index (χ3n) is 2.51. The molecule has 0 aliphatic rings. The minimum atomic E-state index is 0.271. The fourth-order valence-electron chi connectivity index (χ4n) is 1.63. The molecule has 2 atom stereocenters. The molecule has 1 rings (SSSR count). The first-order chi connectivity index (χ1) is 7.13. The lowest BCUT2D eigenvalue weighted by Gasteiger charge is -2.18.